The monoisotopic (exact) mass is 471 g/mol. The Bertz CT molecular complexity index is 1470. The Balaban J connectivity index is 1.76. The van der Waals surface area contributed by atoms with Gasteiger partial charge < -0.3 is 5.11 Å². The normalized spacial score (nSPS) is 17.3. The van der Waals surface area contributed by atoms with Gasteiger partial charge in [0.2, 0.25) is 0 Å². The van der Waals surface area contributed by atoms with E-state index >= 15 is 0 Å². The molecule has 1 aliphatic rings. The fraction of sp³-hybridized carbons (Fsp3) is 0.115. The zero-order valence-corrected chi connectivity index (χ0v) is 19.1. The van der Waals surface area contributed by atoms with Crippen molar-refractivity contribution in [3.8, 4) is 0 Å². The van der Waals surface area contributed by atoms with Gasteiger partial charge in [0.1, 0.15) is 0 Å². The number of fused-ring (bicyclic) bond motifs is 1. The molecule has 170 valence electrons. The highest BCUT2D eigenvalue weighted by Gasteiger charge is 2.40. The quantitative estimate of drug-likeness (QED) is 0.471. The molecule has 7 nitrogen and oxygen atoms in total. The Kier molecular flexibility index (Phi) is 5.17. The minimum atomic E-state index is -4.13. The van der Waals surface area contributed by atoms with E-state index in [0.717, 1.165) is 20.8 Å². The van der Waals surface area contributed by atoms with Gasteiger partial charge in [-0.15, -0.1) is 5.10 Å². The average molecular weight is 472 g/mol. The molecule has 1 N–H and O–H groups in total. The van der Waals surface area contributed by atoms with E-state index in [-0.39, 0.29) is 17.0 Å². The Morgan fingerprint density at radius 3 is 2.35 bits per heavy atom. The predicted octanol–water partition coefficient (Wildman–Crippen LogP) is 4.08. The highest BCUT2D eigenvalue weighted by atomic mass is 32.2. The number of aromatic nitrogens is 3. The maximum Gasteiger partial charge on any atom is 0.357 e. The third-order valence-corrected chi connectivity index (χ3v) is 7.81. The minimum Gasteiger partial charge on any atom is -0.476 e. The van der Waals surface area contributed by atoms with Gasteiger partial charge >= 0.3 is 5.97 Å². The first-order valence-electron chi connectivity index (χ1n) is 10.7. The standard InChI is InChI=1S/C26H21N3O4S/c1-18-9-11-21(12-10-18)34(32,33)29-23-16-26(19-6-3-2-4-7-19,20-8-5-15-27-17-20)14-13-22(23)24(28-29)25(30)31/h2-15,17H,16H2,1H3,(H,30,31). The van der Waals surface area contributed by atoms with Gasteiger partial charge in [-0.2, -0.15) is 12.5 Å². The first kappa shape index (κ1) is 21.8. The van der Waals surface area contributed by atoms with Crippen molar-refractivity contribution in [3.05, 3.63) is 119 Å². The van der Waals surface area contributed by atoms with E-state index in [1.165, 1.54) is 12.1 Å². The molecule has 2 aromatic carbocycles. The molecule has 2 heterocycles. The molecule has 1 atom stereocenters. The smallest absolute Gasteiger partial charge is 0.357 e. The summed E-state index contributed by atoms with van der Waals surface area (Å²) in [6.07, 6.45) is 7.19. The largest absolute Gasteiger partial charge is 0.476 e. The molecule has 0 saturated carbocycles. The lowest BCUT2D eigenvalue weighted by Crippen LogP contribution is -2.32. The lowest BCUT2D eigenvalue weighted by molar-refractivity contribution is 0.0690. The Morgan fingerprint density at radius 1 is 1.00 bits per heavy atom. The van der Waals surface area contributed by atoms with Crippen LogP contribution in [0.25, 0.3) is 6.08 Å². The molecule has 1 unspecified atom stereocenters. The van der Waals surface area contributed by atoms with Gasteiger partial charge in [-0.3, -0.25) is 4.98 Å². The predicted molar refractivity (Wildman–Crippen MR) is 127 cm³/mol. The zero-order valence-electron chi connectivity index (χ0n) is 18.3. The van der Waals surface area contributed by atoms with Crippen molar-refractivity contribution in [2.75, 3.05) is 0 Å². The number of pyridine rings is 1. The Morgan fingerprint density at radius 2 is 1.71 bits per heavy atom. The van der Waals surface area contributed by atoms with Crippen LogP contribution in [-0.2, 0) is 21.9 Å². The number of carboxylic acids is 1. The van der Waals surface area contributed by atoms with Gasteiger partial charge in [0.05, 0.1) is 10.6 Å². The molecule has 2 aromatic heterocycles. The summed E-state index contributed by atoms with van der Waals surface area (Å²) in [7, 11) is -4.13. The third-order valence-electron chi connectivity index (χ3n) is 6.18. The summed E-state index contributed by atoms with van der Waals surface area (Å²) in [5.41, 5.74) is 2.26. The Hall–Kier alpha value is -4.04. The van der Waals surface area contributed by atoms with Gasteiger partial charge in [0, 0.05) is 29.8 Å². The fourth-order valence-corrected chi connectivity index (χ4v) is 5.75. The second-order valence-corrected chi connectivity index (χ2v) is 10.0. The molecule has 8 heteroatoms. The van der Waals surface area contributed by atoms with Crippen molar-refractivity contribution in [1.82, 2.24) is 14.2 Å². The number of nitrogens with zero attached hydrogens (tertiary/aromatic N) is 3. The highest BCUT2D eigenvalue weighted by Crippen LogP contribution is 2.42. The molecular formula is C26H21N3O4S. The van der Waals surface area contributed by atoms with Crippen LogP contribution in [-0.4, -0.2) is 33.7 Å². The number of benzene rings is 2. The van der Waals surface area contributed by atoms with Crippen LogP contribution in [0.5, 0.6) is 0 Å². The molecule has 0 fully saturated rings. The van der Waals surface area contributed by atoms with E-state index in [4.69, 9.17) is 0 Å². The van der Waals surface area contributed by atoms with Crippen molar-refractivity contribution in [3.63, 3.8) is 0 Å². The van der Waals surface area contributed by atoms with Gasteiger partial charge in [0.15, 0.2) is 5.69 Å². The summed E-state index contributed by atoms with van der Waals surface area (Å²) in [5, 5.41) is 13.9. The summed E-state index contributed by atoms with van der Waals surface area (Å²) in [5.74, 6) is -1.28. The van der Waals surface area contributed by atoms with Gasteiger partial charge in [-0.25, -0.2) is 4.79 Å². The van der Waals surface area contributed by atoms with Gasteiger partial charge in [-0.1, -0.05) is 66.2 Å². The third kappa shape index (κ3) is 3.43. The van der Waals surface area contributed by atoms with Crippen LogP contribution in [0, 0.1) is 6.92 Å². The lowest BCUT2D eigenvalue weighted by Gasteiger charge is -2.34. The number of rotatable bonds is 5. The maximum atomic E-state index is 13.6. The SMILES string of the molecule is Cc1ccc(S(=O)(=O)n2nc(C(=O)O)c3c2CC(c2ccccc2)(c2cccnc2)C=C3)cc1. The van der Waals surface area contributed by atoms with Crippen LogP contribution in [0.4, 0.5) is 0 Å². The molecule has 0 spiro atoms. The molecule has 1 aliphatic carbocycles. The lowest BCUT2D eigenvalue weighted by atomic mass is 9.69. The van der Waals surface area contributed by atoms with Crippen LogP contribution in [0.3, 0.4) is 0 Å². The van der Waals surface area contributed by atoms with E-state index < -0.39 is 21.4 Å². The van der Waals surface area contributed by atoms with E-state index in [1.54, 1.807) is 30.6 Å². The van der Waals surface area contributed by atoms with Crippen LogP contribution < -0.4 is 0 Å². The van der Waals surface area contributed by atoms with E-state index in [9.17, 15) is 18.3 Å². The number of aromatic carboxylic acids is 1. The van der Waals surface area contributed by atoms with E-state index in [2.05, 4.69) is 10.1 Å². The Labute approximate surface area is 197 Å². The summed E-state index contributed by atoms with van der Waals surface area (Å²) in [6.45, 7) is 1.86. The summed E-state index contributed by atoms with van der Waals surface area (Å²) in [6, 6.07) is 19.8. The second kappa shape index (κ2) is 8.07. The first-order chi connectivity index (χ1) is 16.3. The maximum absolute atomic E-state index is 13.6. The van der Waals surface area contributed by atoms with Crippen molar-refractivity contribution in [2.45, 2.75) is 23.7 Å². The second-order valence-electron chi connectivity index (χ2n) is 8.26. The number of aryl methyl sites for hydroxylation is 1. The van der Waals surface area contributed by atoms with Crippen LogP contribution in [0.1, 0.15) is 38.4 Å². The molecule has 34 heavy (non-hydrogen) atoms. The minimum absolute atomic E-state index is 0.0431. The summed E-state index contributed by atoms with van der Waals surface area (Å²) in [4.78, 5) is 16.3. The molecule has 0 radical (unpaired) electrons. The molecule has 0 saturated heterocycles. The molecule has 0 amide bonds. The van der Waals surface area contributed by atoms with E-state index in [0.29, 0.717) is 11.3 Å². The van der Waals surface area contributed by atoms with Crippen molar-refractivity contribution in [2.24, 2.45) is 0 Å². The number of hydrogen-bond acceptors (Lipinski definition) is 5. The summed E-state index contributed by atoms with van der Waals surface area (Å²) >= 11 is 0. The first-order valence-corrected chi connectivity index (χ1v) is 12.1. The molecule has 0 aliphatic heterocycles. The fourth-order valence-electron chi connectivity index (χ4n) is 4.42. The molecule has 4 aromatic rings. The van der Waals surface area contributed by atoms with Crippen molar-refractivity contribution < 1.29 is 18.3 Å². The number of carbonyl (C=O) groups is 1. The molecule has 5 rings (SSSR count). The van der Waals surface area contributed by atoms with Crippen LogP contribution in [0.2, 0.25) is 0 Å². The van der Waals surface area contributed by atoms with Crippen LogP contribution >= 0.6 is 0 Å². The van der Waals surface area contributed by atoms with Crippen molar-refractivity contribution >= 4 is 22.1 Å². The topological polar surface area (TPSA) is 102 Å². The van der Waals surface area contributed by atoms with E-state index in [1.807, 2.05) is 55.5 Å². The zero-order chi connectivity index (χ0) is 23.9. The molecule has 0 bridgehead atoms. The highest BCUT2D eigenvalue weighted by molar-refractivity contribution is 7.89. The molecular weight excluding hydrogens is 450 g/mol. The van der Waals surface area contributed by atoms with Gasteiger partial charge in [-0.05, 0) is 36.2 Å². The summed E-state index contributed by atoms with van der Waals surface area (Å²) < 4.78 is 28.1. The average Bonchev–Trinajstić information content (AvgIpc) is 3.25. The number of allylic oxidation sites excluding steroid dienone is 1. The van der Waals surface area contributed by atoms with Crippen LogP contribution in [0.15, 0.2) is 90.1 Å². The number of hydrogen-bond donors (Lipinski definition) is 1. The van der Waals surface area contributed by atoms with Crippen molar-refractivity contribution in [1.29, 1.82) is 0 Å². The van der Waals surface area contributed by atoms with Gasteiger partial charge in [0.25, 0.3) is 10.0 Å². The number of carboxylic acid groups (broad SMARTS) is 1.